The highest BCUT2D eigenvalue weighted by Crippen LogP contribution is 2.31. The van der Waals surface area contributed by atoms with Crippen molar-refractivity contribution >= 4 is 27.6 Å². The molecule has 2 atom stereocenters. The van der Waals surface area contributed by atoms with Crippen molar-refractivity contribution in [1.29, 1.82) is 0 Å². The van der Waals surface area contributed by atoms with E-state index in [1.165, 1.54) is 19.4 Å². The first kappa shape index (κ1) is 16.2. The normalized spacial score (nSPS) is 20.4. The van der Waals surface area contributed by atoms with Gasteiger partial charge in [-0.3, -0.25) is 4.79 Å². The van der Waals surface area contributed by atoms with Gasteiger partial charge in [-0.25, -0.2) is 0 Å². The minimum atomic E-state index is -0.0971. The fraction of sp³-hybridized carbons (Fsp3) is 0.381. The molecular formula is C21H25N2O2+. The van der Waals surface area contributed by atoms with Gasteiger partial charge in [-0.05, 0) is 19.2 Å². The maximum Gasteiger partial charge on any atom is 0.287 e. The number of likely N-dealkylation sites (N-methyl/N-ethyl adjacent to an activating group) is 1. The van der Waals surface area contributed by atoms with Gasteiger partial charge in [-0.2, -0.15) is 0 Å². The summed E-state index contributed by atoms with van der Waals surface area (Å²) in [5.74, 6) is 0.350. The monoisotopic (exact) mass is 337 g/mol. The summed E-state index contributed by atoms with van der Waals surface area (Å²) in [6.07, 6.45) is 2.44. The van der Waals surface area contributed by atoms with Crippen LogP contribution in [0, 0.1) is 6.92 Å². The number of amides is 1. The fourth-order valence-corrected chi connectivity index (χ4v) is 4.16. The molecule has 1 aromatic heterocycles. The Bertz CT molecular complexity index is 928. The average Bonchev–Trinajstić information content (AvgIpc) is 3.24. The first-order valence-electron chi connectivity index (χ1n) is 9.22. The average molecular weight is 337 g/mol. The van der Waals surface area contributed by atoms with Crippen molar-refractivity contribution in [3.8, 4) is 0 Å². The Kier molecular flexibility index (Phi) is 4.22. The van der Waals surface area contributed by atoms with Crippen LogP contribution in [0.3, 0.4) is 0 Å². The van der Waals surface area contributed by atoms with Gasteiger partial charge in [0.1, 0.15) is 11.6 Å². The lowest BCUT2D eigenvalue weighted by atomic mass is 10.1. The molecule has 2 N–H and O–H groups in total. The summed E-state index contributed by atoms with van der Waals surface area (Å²) in [4.78, 5) is 14.3. The largest absolute Gasteiger partial charge is 0.450 e. The standard InChI is InChI=1S/C21H24N2O2/c1-3-23-12-6-8-16(23)13-22-21(24)19-14(2)17-11-10-15-7-4-5-9-18(15)20(17)25-19/h4-5,7,9-11,16H,3,6,8,12-13H2,1-2H3,(H,22,24)/p+1/t16-/m0/s1. The van der Waals surface area contributed by atoms with Crippen LogP contribution in [0.1, 0.15) is 35.9 Å². The summed E-state index contributed by atoms with van der Waals surface area (Å²) in [5.41, 5.74) is 1.73. The van der Waals surface area contributed by atoms with Gasteiger partial charge in [-0.15, -0.1) is 0 Å². The summed E-state index contributed by atoms with van der Waals surface area (Å²) >= 11 is 0. The van der Waals surface area contributed by atoms with Crippen LogP contribution < -0.4 is 10.2 Å². The molecule has 1 aliphatic heterocycles. The van der Waals surface area contributed by atoms with Crippen molar-refractivity contribution in [2.75, 3.05) is 19.6 Å². The van der Waals surface area contributed by atoms with Crippen LogP contribution in [0.5, 0.6) is 0 Å². The lowest BCUT2D eigenvalue weighted by Crippen LogP contribution is -3.14. The van der Waals surface area contributed by atoms with Gasteiger partial charge >= 0.3 is 0 Å². The fourth-order valence-electron chi connectivity index (χ4n) is 4.16. The molecular weight excluding hydrogens is 312 g/mol. The van der Waals surface area contributed by atoms with Crippen LogP contribution in [-0.2, 0) is 0 Å². The third kappa shape index (κ3) is 2.81. The van der Waals surface area contributed by atoms with Crippen LogP contribution in [0.15, 0.2) is 40.8 Å². The number of likely N-dealkylation sites (tertiary alicyclic amines) is 1. The Hall–Kier alpha value is -2.33. The molecule has 1 unspecified atom stereocenters. The van der Waals surface area contributed by atoms with Crippen molar-refractivity contribution in [3.05, 3.63) is 47.7 Å². The van der Waals surface area contributed by atoms with E-state index in [0.29, 0.717) is 11.8 Å². The number of benzene rings is 2. The topological polar surface area (TPSA) is 46.7 Å². The minimum Gasteiger partial charge on any atom is -0.450 e. The molecule has 0 bridgehead atoms. The van der Waals surface area contributed by atoms with E-state index in [2.05, 4.69) is 24.4 Å². The van der Waals surface area contributed by atoms with Crippen LogP contribution >= 0.6 is 0 Å². The number of quaternary nitrogens is 1. The first-order valence-corrected chi connectivity index (χ1v) is 9.22. The van der Waals surface area contributed by atoms with E-state index in [-0.39, 0.29) is 5.91 Å². The molecule has 1 amide bonds. The molecule has 4 rings (SSSR count). The van der Waals surface area contributed by atoms with Crippen LogP contribution in [0.4, 0.5) is 0 Å². The van der Waals surface area contributed by atoms with Gasteiger partial charge in [0.05, 0.1) is 19.6 Å². The molecule has 25 heavy (non-hydrogen) atoms. The molecule has 1 saturated heterocycles. The molecule has 0 saturated carbocycles. The van der Waals surface area contributed by atoms with E-state index in [4.69, 9.17) is 4.42 Å². The van der Waals surface area contributed by atoms with E-state index < -0.39 is 0 Å². The number of hydrogen-bond donors (Lipinski definition) is 2. The molecule has 2 heterocycles. The quantitative estimate of drug-likeness (QED) is 0.769. The smallest absolute Gasteiger partial charge is 0.287 e. The zero-order valence-corrected chi connectivity index (χ0v) is 14.9. The van der Waals surface area contributed by atoms with E-state index >= 15 is 0 Å². The zero-order valence-electron chi connectivity index (χ0n) is 14.9. The number of furan rings is 1. The van der Waals surface area contributed by atoms with Gasteiger partial charge in [0, 0.05) is 29.2 Å². The van der Waals surface area contributed by atoms with E-state index in [9.17, 15) is 4.79 Å². The highest BCUT2D eigenvalue weighted by atomic mass is 16.3. The van der Waals surface area contributed by atoms with Gasteiger partial charge < -0.3 is 14.6 Å². The second-order valence-electron chi connectivity index (χ2n) is 7.03. The van der Waals surface area contributed by atoms with Crippen LogP contribution in [0.25, 0.3) is 21.7 Å². The summed E-state index contributed by atoms with van der Waals surface area (Å²) in [7, 11) is 0. The molecule has 0 spiro atoms. The second-order valence-corrected chi connectivity index (χ2v) is 7.03. The maximum absolute atomic E-state index is 12.7. The van der Waals surface area contributed by atoms with Crippen molar-refractivity contribution in [2.45, 2.75) is 32.7 Å². The van der Waals surface area contributed by atoms with E-state index in [1.54, 1.807) is 4.90 Å². The number of fused-ring (bicyclic) bond motifs is 3. The summed E-state index contributed by atoms with van der Waals surface area (Å²) in [6.45, 7) is 7.24. The van der Waals surface area contributed by atoms with Gasteiger partial charge in [-0.1, -0.05) is 36.4 Å². The van der Waals surface area contributed by atoms with Crippen molar-refractivity contribution < 1.29 is 14.1 Å². The Morgan fingerprint density at radius 2 is 2.08 bits per heavy atom. The zero-order chi connectivity index (χ0) is 17.4. The van der Waals surface area contributed by atoms with Crippen molar-refractivity contribution in [1.82, 2.24) is 5.32 Å². The molecule has 1 aliphatic rings. The highest BCUT2D eigenvalue weighted by molar-refractivity contribution is 6.08. The van der Waals surface area contributed by atoms with E-state index in [0.717, 1.165) is 40.4 Å². The van der Waals surface area contributed by atoms with Gasteiger partial charge in [0.2, 0.25) is 0 Å². The third-order valence-corrected chi connectivity index (χ3v) is 5.63. The third-order valence-electron chi connectivity index (χ3n) is 5.63. The molecule has 130 valence electrons. The molecule has 4 heteroatoms. The Labute approximate surface area is 147 Å². The minimum absolute atomic E-state index is 0.0971. The predicted molar refractivity (Wildman–Crippen MR) is 100 cm³/mol. The van der Waals surface area contributed by atoms with Gasteiger partial charge in [0.15, 0.2) is 5.76 Å². The number of hydrogen-bond acceptors (Lipinski definition) is 2. The number of carbonyl (C=O) groups excluding carboxylic acids is 1. The highest BCUT2D eigenvalue weighted by Gasteiger charge is 2.28. The molecule has 0 aliphatic carbocycles. The van der Waals surface area contributed by atoms with Gasteiger partial charge in [0.25, 0.3) is 5.91 Å². The number of aryl methyl sites for hydroxylation is 1. The molecule has 2 aromatic carbocycles. The second kappa shape index (κ2) is 6.52. The van der Waals surface area contributed by atoms with Crippen molar-refractivity contribution in [2.24, 2.45) is 0 Å². The Balaban J connectivity index is 1.61. The number of carbonyl (C=O) groups is 1. The molecule has 3 aromatic rings. The Morgan fingerprint density at radius 3 is 2.92 bits per heavy atom. The molecule has 0 radical (unpaired) electrons. The summed E-state index contributed by atoms with van der Waals surface area (Å²) < 4.78 is 6.02. The summed E-state index contributed by atoms with van der Waals surface area (Å²) in [6, 6.07) is 12.8. The Morgan fingerprint density at radius 1 is 1.24 bits per heavy atom. The van der Waals surface area contributed by atoms with E-state index in [1.807, 2.05) is 31.2 Å². The summed E-state index contributed by atoms with van der Waals surface area (Å²) in [5, 5.41) is 6.30. The number of nitrogens with one attached hydrogen (secondary N) is 2. The van der Waals surface area contributed by atoms with Crippen LogP contribution in [-0.4, -0.2) is 31.6 Å². The lowest BCUT2D eigenvalue weighted by Gasteiger charge is -2.19. The lowest BCUT2D eigenvalue weighted by molar-refractivity contribution is -0.909. The SMILES string of the molecule is CC[NH+]1CCC[C@H]1CNC(=O)c1oc2c(ccc3ccccc32)c1C. The first-order chi connectivity index (χ1) is 12.2. The molecule has 4 nitrogen and oxygen atoms in total. The van der Waals surface area contributed by atoms with Crippen LogP contribution in [0.2, 0.25) is 0 Å². The maximum atomic E-state index is 12.7. The number of rotatable bonds is 4. The molecule has 1 fully saturated rings. The predicted octanol–water partition coefficient (Wildman–Crippen LogP) is 2.69. The van der Waals surface area contributed by atoms with Crippen molar-refractivity contribution in [3.63, 3.8) is 0 Å².